The van der Waals surface area contributed by atoms with Crippen molar-refractivity contribution in [2.45, 2.75) is 49.5 Å². The van der Waals surface area contributed by atoms with Crippen molar-refractivity contribution in [2.75, 3.05) is 19.0 Å². The number of hydrogen-bond acceptors (Lipinski definition) is 5. The van der Waals surface area contributed by atoms with Gasteiger partial charge in [-0.25, -0.2) is 8.42 Å². The lowest BCUT2D eigenvalue weighted by molar-refractivity contribution is -0.146. The molecule has 3 rings (SSSR count). The highest BCUT2D eigenvalue weighted by molar-refractivity contribution is 7.89. The van der Waals surface area contributed by atoms with Crippen LogP contribution >= 0.6 is 0 Å². The van der Waals surface area contributed by atoms with Crippen molar-refractivity contribution in [2.24, 2.45) is 0 Å². The summed E-state index contributed by atoms with van der Waals surface area (Å²) < 4.78 is 32.2. The van der Waals surface area contributed by atoms with Crippen LogP contribution in [-0.2, 0) is 29.8 Å². The quantitative estimate of drug-likeness (QED) is 0.821. The minimum absolute atomic E-state index is 0.0895. The number of hydrogen-bond donors (Lipinski definition) is 1. The lowest BCUT2D eigenvalue weighted by atomic mass is 9.86. The standard InChI is InChI=1S/C17H22N2O5S/c1-17(2)12-10-11(7-8-13(12)18-16(17)21)25(22,23)19-9-5-4-6-14(19)15(20)24-3/h7-8,10,14H,4-6,9H2,1-3H3,(H,18,21). The average Bonchev–Trinajstić information content (AvgIpc) is 2.83. The Morgan fingerprint density at radius 2 is 2.04 bits per heavy atom. The molecular weight excluding hydrogens is 344 g/mol. The minimum atomic E-state index is -3.86. The summed E-state index contributed by atoms with van der Waals surface area (Å²) in [5, 5.41) is 2.76. The molecular formula is C17H22N2O5S. The van der Waals surface area contributed by atoms with Crippen molar-refractivity contribution in [1.29, 1.82) is 0 Å². The SMILES string of the molecule is COC(=O)C1CCCCN1S(=O)(=O)c1ccc2c(c1)C(C)(C)C(=O)N2. The van der Waals surface area contributed by atoms with Gasteiger partial charge in [-0.3, -0.25) is 9.59 Å². The third kappa shape index (κ3) is 2.83. The maximum atomic E-state index is 13.1. The molecule has 0 bridgehead atoms. The van der Waals surface area contributed by atoms with E-state index in [4.69, 9.17) is 4.74 Å². The highest BCUT2D eigenvalue weighted by atomic mass is 32.2. The Morgan fingerprint density at radius 1 is 1.32 bits per heavy atom. The van der Waals surface area contributed by atoms with Crippen molar-refractivity contribution in [3.8, 4) is 0 Å². The van der Waals surface area contributed by atoms with E-state index in [0.29, 0.717) is 24.1 Å². The number of piperidine rings is 1. The van der Waals surface area contributed by atoms with Crippen LogP contribution in [0.4, 0.5) is 5.69 Å². The number of benzene rings is 1. The van der Waals surface area contributed by atoms with Crippen molar-refractivity contribution >= 4 is 27.6 Å². The van der Waals surface area contributed by atoms with Gasteiger partial charge >= 0.3 is 5.97 Å². The summed E-state index contributed by atoms with van der Waals surface area (Å²) in [5.41, 5.74) is 0.465. The van der Waals surface area contributed by atoms with Crippen molar-refractivity contribution in [3.63, 3.8) is 0 Å². The molecule has 1 unspecified atom stereocenters. The largest absolute Gasteiger partial charge is 0.468 e. The van der Waals surface area contributed by atoms with Crippen LogP contribution in [0, 0.1) is 0 Å². The molecule has 25 heavy (non-hydrogen) atoms. The van der Waals surface area contributed by atoms with Crippen molar-refractivity contribution < 1.29 is 22.7 Å². The Balaban J connectivity index is 2.02. The molecule has 2 aliphatic heterocycles. The normalized spacial score (nSPS) is 23.0. The number of rotatable bonds is 3. The third-order valence-corrected chi connectivity index (χ3v) is 6.92. The molecule has 1 N–H and O–H groups in total. The number of nitrogens with zero attached hydrogens (tertiary/aromatic N) is 1. The summed E-state index contributed by atoms with van der Waals surface area (Å²) in [6.07, 6.45) is 1.92. The van der Waals surface area contributed by atoms with Gasteiger partial charge in [0.2, 0.25) is 15.9 Å². The van der Waals surface area contributed by atoms with Crippen molar-refractivity contribution in [3.05, 3.63) is 23.8 Å². The second-order valence-corrected chi connectivity index (χ2v) is 8.83. The molecule has 7 nitrogen and oxygen atoms in total. The first-order valence-electron chi connectivity index (χ1n) is 8.25. The van der Waals surface area contributed by atoms with E-state index in [-0.39, 0.29) is 17.3 Å². The number of ether oxygens (including phenoxy) is 1. The fourth-order valence-corrected chi connectivity index (χ4v) is 5.08. The van der Waals surface area contributed by atoms with E-state index in [9.17, 15) is 18.0 Å². The number of fused-ring (bicyclic) bond motifs is 1. The number of anilines is 1. The van der Waals surface area contributed by atoms with Gasteiger partial charge < -0.3 is 10.1 Å². The first-order chi connectivity index (χ1) is 11.7. The van der Waals surface area contributed by atoms with Crippen LogP contribution < -0.4 is 5.32 Å². The molecule has 1 saturated heterocycles. The Hall–Kier alpha value is -1.93. The summed E-state index contributed by atoms with van der Waals surface area (Å²) in [7, 11) is -2.60. The zero-order valence-corrected chi connectivity index (χ0v) is 15.4. The first-order valence-corrected chi connectivity index (χ1v) is 9.69. The molecule has 0 aromatic heterocycles. The van der Waals surface area contributed by atoms with Gasteiger partial charge in [-0.15, -0.1) is 0 Å². The number of methoxy groups -OCH3 is 1. The number of carbonyl (C=O) groups is 2. The Bertz CT molecular complexity index is 831. The zero-order valence-electron chi connectivity index (χ0n) is 14.5. The Labute approximate surface area is 147 Å². The molecule has 0 aliphatic carbocycles. The molecule has 2 aliphatic rings. The summed E-state index contributed by atoms with van der Waals surface area (Å²) in [4.78, 5) is 24.2. The summed E-state index contributed by atoms with van der Waals surface area (Å²) >= 11 is 0. The highest BCUT2D eigenvalue weighted by Crippen LogP contribution is 2.39. The van der Waals surface area contributed by atoms with Crippen LogP contribution in [0.3, 0.4) is 0 Å². The molecule has 1 fully saturated rings. The fourth-order valence-electron chi connectivity index (χ4n) is 3.41. The van der Waals surface area contributed by atoms with E-state index in [1.54, 1.807) is 19.9 Å². The zero-order chi connectivity index (χ0) is 18.4. The highest BCUT2D eigenvalue weighted by Gasteiger charge is 2.42. The lowest BCUT2D eigenvalue weighted by Crippen LogP contribution is -2.48. The summed E-state index contributed by atoms with van der Waals surface area (Å²) in [6.45, 7) is 3.78. The van der Waals surface area contributed by atoms with E-state index in [1.165, 1.54) is 23.5 Å². The van der Waals surface area contributed by atoms with Gasteiger partial charge in [0.25, 0.3) is 0 Å². The number of esters is 1. The van der Waals surface area contributed by atoms with Gasteiger partial charge in [0, 0.05) is 12.2 Å². The number of carbonyl (C=O) groups excluding carboxylic acids is 2. The molecule has 0 radical (unpaired) electrons. The smallest absolute Gasteiger partial charge is 0.324 e. The van der Waals surface area contributed by atoms with Crippen LogP contribution in [0.25, 0.3) is 0 Å². The Morgan fingerprint density at radius 3 is 2.72 bits per heavy atom. The van der Waals surface area contributed by atoms with Crippen LogP contribution in [0.2, 0.25) is 0 Å². The van der Waals surface area contributed by atoms with Gasteiger partial charge in [-0.1, -0.05) is 0 Å². The van der Waals surface area contributed by atoms with Crippen LogP contribution in [0.1, 0.15) is 38.7 Å². The average molecular weight is 366 g/mol. The number of amides is 1. The maximum Gasteiger partial charge on any atom is 0.324 e. The second kappa shape index (κ2) is 6.10. The van der Waals surface area contributed by atoms with Crippen LogP contribution in [0.15, 0.2) is 23.1 Å². The summed E-state index contributed by atoms with van der Waals surface area (Å²) in [6, 6.07) is 3.81. The second-order valence-electron chi connectivity index (χ2n) is 6.94. The van der Waals surface area contributed by atoms with Gasteiger partial charge in [0.05, 0.1) is 17.4 Å². The van der Waals surface area contributed by atoms with E-state index in [1.807, 2.05) is 0 Å². The molecule has 1 aromatic carbocycles. The van der Waals surface area contributed by atoms with Gasteiger partial charge in [-0.2, -0.15) is 4.31 Å². The van der Waals surface area contributed by atoms with Crippen molar-refractivity contribution in [1.82, 2.24) is 4.31 Å². The molecule has 2 heterocycles. The van der Waals surface area contributed by atoms with Crippen LogP contribution in [0.5, 0.6) is 0 Å². The number of nitrogens with one attached hydrogen (secondary N) is 1. The van der Waals surface area contributed by atoms with E-state index >= 15 is 0 Å². The fraction of sp³-hybridized carbons (Fsp3) is 0.529. The molecule has 1 amide bonds. The Kier molecular flexibility index (Phi) is 4.36. The monoisotopic (exact) mass is 366 g/mol. The molecule has 136 valence electrons. The topological polar surface area (TPSA) is 92.8 Å². The van der Waals surface area contributed by atoms with Gasteiger partial charge in [0.1, 0.15) is 6.04 Å². The molecule has 0 spiro atoms. The minimum Gasteiger partial charge on any atom is -0.468 e. The molecule has 8 heteroatoms. The van der Waals surface area contributed by atoms with E-state index < -0.39 is 27.4 Å². The number of sulfonamides is 1. The molecule has 1 aromatic rings. The predicted molar refractivity (Wildman–Crippen MR) is 91.6 cm³/mol. The molecule has 0 saturated carbocycles. The third-order valence-electron chi connectivity index (χ3n) is 5.01. The summed E-state index contributed by atoms with van der Waals surface area (Å²) in [5.74, 6) is -0.705. The van der Waals surface area contributed by atoms with Crippen LogP contribution in [-0.4, -0.2) is 44.3 Å². The molecule has 1 atom stereocenters. The van der Waals surface area contributed by atoms with Gasteiger partial charge in [-0.05, 0) is 56.9 Å². The lowest BCUT2D eigenvalue weighted by Gasteiger charge is -2.32. The van der Waals surface area contributed by atoms with E-state index in [0.717, 1.165) is 6.42 Å². The van der Waals surface area contributed by atoms with E-state index in [2.05, 4.69) is 5.32 Å². The first kappa shape index (κ1) is 17.9. The van der Waals surface area contributed by atoms with Gasteiger partial charge in [0.15, 0.2) is 0 Å². The maximum absolute atomic E-state index is 13.1. The predicted octanol–water partition coefficient (Wildman–Crippen LogP) is 1.63.